The standard InChI is InChI=1S/C21H15NOS3/c23-19(15-9-3-1-4-10-15)20(24-16-11-5-2-6-12-16)26-21-22-17-13-7-8-14-18(17)25-21/h1-14,20H. The van der Waals surface area contributed by atoms with Crippen molar-refractivity contribution in [1.82, 2.24) is 4.98 Å². The number of nitrogens with zero attached hydrogens (tertiary/aromatic N) is 1. The van der Waals surface area contributed by atoms with Gasteiger partial charge >= 0.3 is 0 Å². The Hall–Kier alpha value is -2.08. The summed E-state index contributed by atoms with van der Waals surface area (Å²) >= 11 is 4.74. The second-order valence-corrected chi connectivity index (χ2v) is 9.42. The summed E-state index contributed by atoms with van der Waals surface area (Å²) in [6.45, 7) is 0. The maximum absolute atomic E-state index is 13.1. The number of fused-ring (bicyclic) bond motifs is 1. The van der Waals surface area contributed by atoms with E-state index >= 15 is 0 Å². The van der Waals surface area contributed by atoms with Crippen molar-refractivity contribution in [1.29, 1.82) is 0 Å². The van der Waals surface area contributed by atoms with E-state index in [9.17, 15) is 4.79 Å². The number of thiazole rings is 1. The molecule has 3 aromatic carbocycles. The van der Waals surface area contributed by atoms with Crippen molar-refractivity contribution in [3.8, 4) is 0 Å². The summed E-state index contributed by atoms with van der Waals surface area (Å²) in [5, 5.41) is 0. The number of thioether (sulfide) groups is 2. The van der Waals surface area contributed by atoms with Gasteiger partial charge in [0.1, 0.15) is 4.58 Å². The number of benzene rings is 3. The summed E-state index contributed by atoms with van der Waals surface area (Å²) in [6, 6.07) is 27.6. The largest absolute Gasteiger partial charge is 0.292 e. The Kier molecular flexibility index (Phi) is 5.39. The van der Waals surface area contributed by atoms with Gasteiger partial charge in [-0.2, -0.15) is 0 Å². The highest BCUT2D eigenvalue weighted by Crippen LogP contribution is 2.40. The third kappa shape index (κ3) is 4.01. The van der Waals surface area contributed by atoms with Gasteiger partial charge in [-0.1, -0.05) is 72.4 Å². The fourth-order valence-electron chi connectivity index (χ4n) is 2.49. The van der Waals surface area contributed by atoms with Crippen LogP contribution in [-0.2, 0) is 0 Å². The van der Waals surface area contributed by atoms with E-state index in [1.54, 1.807) is 23.1 Å². The van der Waals surface area contributed by atoms with Crippen LogP contribution in [0.3, 0.4) is 0 Å². The summed E-state index contributed by atoms with van der Waals surface area (Å²) in [5.41, 5.74) is 1.71. The van der Waals surface area contributed by atoms with Gasteiger partial charge in [0, 0.05) is 10.5 Å². The molecule has 4 rings (SSSR count). The third-order valence-electron chi connectivity index (χ3n) is 3.74. The molecule has 0 amide bonds. The highest BCUT2D eigenvalue weighted by molar-refractivity contribution is 8.18. The van der Waals surface area contributed by atoms with Gasteiger partial charge in [-0.25, -0.2) is 4.98 Å². The van der Waals surface area contributed by atoms with E-state index in [1.807, 2.05) is 78.9 Å². The molecule has 0 fully saturated rings. The molecule has 4 aromatic rings. The fraction of sp³-hybridized carbons (Fsp3) is 0.0476. The van der Waals surface area contributed by atoms with Crippen LogP contribution >= 0.6 is 34.9 Å². The lowest BCUT2D eigenvalue weighted by Gasteiger charge is -2.14. The third-order valence-corrected chi connectivity index (χ3v) is 7.38. The quantitative estimate of drug-likeness (QED) is 0.216. The second-order valence-electron chi connectivity index (χ2n) is 5.56. The average molecular weight is 394 g/mol. The number of aromatic nitrogens is 1. The zero-order valence-corrected chi connectivity index (χ0v) is 16.2. The number of Topliss-reactive ketones (excluding diaryl/α,β-unsaturated/α-hetero) is 1. The topological polar surface area (TPSA) is 30.0 Å². The van der Waals surface area contributed by atoms with Crippen molar-refractivity contribution in [3.63, 3.8) is 0 Å². The van der Waals surface area contributed by atoms with Crippen LogP contribution in [0, 0.1) is 0 Å². The molecule has 0 spiro atoms. The van der Waals surface area contributed by atoms with Crippen LogP contribution in [0.1, 0.15) is 10.4 Å². The highest BCUT2D eigenvalue weighted by atomic mass is 32.2. The smallest absolute Gasteiger partial charge is 0.186 e. The van der Waals surface area contributed by atoms with Gasteiger partial charge < -0.3 is 0 Å². The molecule has 0 aliphatic rings. The Balaban J connectivity index is 1.64. The Morgan fingerprint density at radius 2 is 1.46 bits per heavy atom. The van der Waals surface area contributed by atoms with Crippen molar-refractivity contribution >= 4 is 50.9 Å². The molecule has 1 unspecified atom stereocenters. The first-order valence-electron chi connectivity index (χ1n) is 8.13. The number of para-hydroxylation sites is 1. The van der Waals surface area contributed by atoms with E-state index in [0.717, 1.165) is 25.0 Å². The summed E-state index contributed by atoms with van der Waals surface area (Å²) < 4.78 is 1.79. The molecule has 1 aromatic heterocycles. The van der Waals surface area contributed by atoms with Crippen LogP contribution in [0.15, 0.2) is 94.2 Å². The van der Waals surface area contributed by atoms with Crippen molar-refractivity contribution in [2.45, 2.75) is 13.8 Å². The van der Waals surface area contributed by atoms with Gasteiger partial charge in [-0.3, -0.25) is 4.79 Å². The zero-order valence-electron chi connectivity index (χ0n) is 13.7. The predicted molar refractivity (Wildman–Crippen MR) is 112 cm³/mol. The lowest BCUT2D eigenvalue weighted by Crippen LogP contribution is -2.13. The number of ketones is 1. The van der Waals surface area contributed by atoms with E-state index < -0.39 is 0 Å². The minimum Gasteiger partial charge on any atom is -0.292 e. The van der Waals surface area contributed by atoms with Gasteiger partial charge in [-0.15, -0.1) is 23.1 Å². The van der Waals surface area contributed by atoms with Gasteiger partial charge in [0.25, 0.3) is 0 Å². The predicted octanol–water partition coefficient (Wildman–Crippen LogP) is 6.39. The number of hydrogen-bond donors (Lipinski definition) is 0. The molecular formula is C21H15NOS3. The molecule has 5 heteroatoms. The molecule has 0 aliphatic heterocycles. The van der Waals surface area contributed by atoms with E-state index in [2.05, 4.69) is 11.1 Å². The average Bonchev–Trinajstić information content (AvgIpc) is 3.11. The normalized spacial score (nSPS) is 12.2. The maximum atomic E-state index is 13.1. The van der Waals surface area contributed by atoms with Crippen molar-refractivity contribution in [2.24, 2.45) is 0 Å². The van der Waals surface area contributed by atoms with E-state index in [1.165, 1.54) is 11.8 Å². The monoisotopic (exact) mass is 393 g/mol. The van der Waals surface area contributed by atoms with Crippen molar-refractivity contribution in [3.05, 3.63) is 90.5 Å². The van der Waals surface area contributed by atoms with Crippen molar-refractivity contribution < 1.29 is 4.79 Å². The van der Waals surface area contributed by atoms with Gasteiger partial charge in [0.2, 0.25) is 0 Å². The first-order valence-corrected chi connectivity index (χ1v) is 10.7. The van der Waals surface area contributed by atoms with Crippen molar-refractivity contribution in [2.75, 3.05) is 0 Å². The fourth-order valence-corrected chi connectivity index (χ4v) is 6.30. The molecule has 2 nitrogen and oxygen atoms in total. The van der Waals surface area contributed by atoms with Crippen LogP contribution in [0.5, 0.6) is 0 Å². The molecule has 0 aliphatic carbocycles. The minimum atomic E-state index is -0.277. The van der Waals surface area contributed by atoms with Crippen LogP contribution in [0.2, 0.25) is 0 Å². The Morgan fingerprint density at radius 3 is 2.19 bits per heavy atom. The van der Waals surface area contributed by atoms with Crippen LogP contribution < -0.4 is 0 Å². The number of hydrogen-bond acceptors (Lipinski definition) is 5. The summed E-state index contributed by atoms with van der Waals surface area (Å²) in [7, 11) is 0. The van der Waals surface area contributed by atoms with Crippen LogP contribution in [-0.4, -0.2) is 15.3 Å². The second kappa shape index (κ2) is 8.08. The summed E-state index contributed by atoms with van der Waals surface area (Å²) in [5.74, 6) is 0.115. The molecule has 0 saturated heterocycles. The molecule has 26 heavy (non-hydrogen) atoms. The van der Waals surface area contributed by atoms with E-state index in [4.69, 9.17) is 0 Å². The highest BCUT2D eigenvalue weighted by Gasteiger charge is 2.24. The Morgan fingerprint density at radius 1 is 0.808 bits per heavy atom. The molecule has 0 bridgehead atoms. The molecule has 0 saturated carbocycles. The molecule has 1 heterocycles. The van der Waals surface area contributed by atoms with E-state index in [0.29, 0.717) is 0 Å². The maximum Gasteiger partial charge on any atom is 0.186 e. The summed E-state index contributed by atoms with van der Waals surface area (Å²) in [4.78, 5) is 18.9. The summed E-state index contributed by atoms with van der Waals surface area (Å²) in [6.07, 6.45) is 0. The SMILES string of the molecule is O=C(c1ccccc1)C(Sc1ccccc1)Sc1nc2ccccc2s1. The van der Waals surface area contributed by atoms with Gasteiger partial charge in [0.05, 0.1) is 10.2 Å². The molecule has 1 atom stereocenters. The number of carbonyl (C=O) groups excluding carboxylic acids is 1. The number of carbonyl (C=O) groups is 1. The molecule has 128 valence electrons. The van der Waals surface area contributed by atoms with E-state index in [-0.39, 0.29) is 10.4 Å². The number of rotatable bonds is 6. The molecule has 0 radical (unpaired) electrons. The van der Waals surface area contributed by atoms with Crippen LogP contribution in [0.4, 0.5) is 0 Å². The lowest BCUT2D eigenvalue weighted by atomic mass is 10.1. The first kappa shape index (κ1) is 17.3. The first-order chi connectivity index (χ1) is 12.8. The Bertz CT molecular complexity index is 982. The van der Waals surface area contributed by atoms with Gasteiger partial charge in [-0.05, 0) is 24.3 Å². The van der Waals surface area contributed by atoms with Gasteiger partial charge in [0.15, 0.2) is 10.1 Å². The van der Waals surface area contributed by atoms with Crippen LogP contribution in [0.25, 0.3) is 10.2 Å². The molecule has 0 N–H and O–H groups in total. The molecular weight excluding hydrogens is 378 g/mol. The lowest BCUT2D eigenvalue weighted by molar-refractivity contribution is 0.101. The minimum absolute atomic E-state index is 0.115. The zero-order chi connectivity index (χ0) is 17.8. The Labute approximate surface area is 164 Å².